The van der Waals surface area contributed by atoms with Crippen LogP contribution in [-0.2, 0) is 19.6 Å². The van der Waals surface area contributed by atoms with Crippen LogP contribution < -0.4 is 19.7 Å². The van der Waals surface area contributed by atoms with Gasteiger partial charge in [0.15, 0.2) is 0 Å². The molecule has 1 unspecified atom stereocenters. The van der Waals surface area contributed by atoms with Crippen LogP contribution in [0, 0.1) is 5.92 Å². The number of carbonyl (C=O) groups excluding carboxylic acids is 2. The molecule has 1 atom stereocenters. The zero-order valence-electron chi connectivity index (χ0n) is 19.2. The van der Waals surface area contributed by atoms with Gasteiger partial charge in [-0.05, 0) is 36.4 Å². The van der Waals surface area contributed by atoms with Gasteiger partial charge >= 0.3 is 0 Å². The van der Waals surface area contributed by atoms with Crippen molar-refractivity contribution in [3.05, 3.63) is 42.5 Å². The summed E-state index contributed by atoms with van der Waals surface area (Å²) in [5, 5.41) is 2.78. The third kappa shape index (κ3) is 5.12. The third-order valence-corrected chi connectivity index (χ3v) is 7.70. The Balaban J connectivity index is 1.70. The number of sulfonamides is 1. The molecule has 2 aromatic carbocycles. The summed E-state index contributed by atoms with van der Waals surface area (Å²) >= 11 is 0. The molecule has 0 radical (unpaired) electrons. The fourth-order valence-electron chi connectivity index (χ4n) is 3.79. The molecule has 1 aliphatic heterocycles. The van der Waals surface area contributed by atoms with E-state index in [1.807, 2.05) is 0 Å². The van der Waals surface area contributed by atoms with Gasteiger partial charge in [0.25, 0.3) is 0 Å². The van der Waals surface area contributed by atoms with Gasteiger partial charge in [-0.1, -0.05) is 13.8 Å². The lowest BCUT2D eigenvalue weighted by molar-refractivity contribution is -0.122. The first-order valence-electron chi connectivity index (χ1n) is 10.7. The molecule has 1 saturated heterocycles. The monoisotopic (exact) mass is 475 g/mol. The van der Waals surface area contributed by atoms with Crippen molar-refractivity contribution in [3.8, 4) is 11.5 Å². The van der Waals surface area contributed by atoms with E-state index in [1.165, 1.54) is 28.4 Å². The van der Waals surface area contributed by atoms with Gasteiger partial charge in [-0.2, -0.15) is 4.31 Å². The predicted molar refractivity (Wildman–Crippen MR) is 125 cm³/mol. The topological polar surface area (TPSA) is 105 Å². The second-order valence-corrected chi connectivity index (χ2v) is 9.48. The van der Waals surface area contributed by atoms with Crippen molar-refractivity contribution in [2.24, 2.45) is 5.92 Å². The van der Waals surface area contributed by atoms with Gasteiger partial charge in [0, 0.05) is 37.8 Å². The van der Waals surface area contributed by atoms with Crippen LogP contribution in [0.15, 0.2) is 47.4 Å². The summed E-state index contributed by atoms with van der Waals surface area (Å²) in [6.07, 6.45) is 0.0649. The molecule has 0 aromatic heterocycles. The average Bonchev–Trinajstić information content (AvgIpc) is 3.21. The highest BCUT2D eigenvalue weighted by atomic mass is 32.2. The van der Waals surface area contributed by atoms with Crippen LogP contribution in [0.3, 0.4) is 0 Å². The van der Waals surface area contributed by atoms with Crippen molar-refractivity contribution in [2.75, 3.05) is 44.1 Å². The zero-order chi connectivity index (χ0) is 24.2. The summed E-state index contributed by atoms with van der Waals surface area (Å²) in [5.74, 6) is 0.0390. The van der Waals surface area contributed by atoms with Crippen LogP contribution >= 0.6 is 0 Å². The lowest BCUT2D eigenvalue weighted by atomic mass is 10.1. The van der Waals surface area contributed by atoms with Gasteiger partial charge in [0.1, 0.15) is 11.5 Å². The average molecular weight is 476 g/mol. The summed E-state index contributed by atoms with van der Waals surface area (Å²) in [4.78, 5) is 27.1. The molecule has 0 saturated carbocycles. The molecule has 1 aliphatic rings. The maximum absolute atomic E-state index is 12.8. The molecule has 1 N–H and O–H groups in total. The largest absolute Gasteiger partial charge is 0.497 e. The van der Waals surface area contributed by atoms with E-state index in [0.717, 1.165) is 0 Å². The highest BCUT2D eigenvalue weighted by Crippen LogP contribution is 2.36. The number of amides is 2. The van der Waals surface area contributed by atoms with Crippen LogP contribution in [0.2, 0.25) is 0 Å². The molecule has 178 valence electrons. The minimum Gasteiger partial charge on any atom is -0.497 e. The third-order valence-electron chi connectivity index (χ3n) is 5.64. The van der Waals surface area contributed by atoms with Gasteiger partial charge in [-0.15, -0.1) is 0 Å². The summed E-state index contributed by atoms with van der Waals surface area (Å²) in [6, 6.07) is 11.2. The van der Waals surface area contributed by atoms with Crippen LogP contribution in [0.1, 0.15) is 20.3 Å². The molecule has 10 heteroatoms. The molecular formula is C23H29N3O6S. The van der Waals surface area contributed by atoms with Gasteiger partial charge < -0.3 is 19.7 Å². The molecule has 33 heavy (non-hydrogen) atoms. The van der Waals surface area contributed by atoms with E-state index in [9.17, 15) is 18.0 Å². The number of nitrogens with one attached hydrogen (secondary N) is 1. The van der Waals surface area contributed by atoms with Crippen molar-refractivity contribution in [1.82, 2.24) is 4.31 Å². The molecule has 1 fully saturated rings. The van der Waals surface area contributed by atoms with Crippen molar-refractivity contribution in [3.63, 3.8) is 0 Å². The minimum absolute atomic E-state index is 0.0649. The van der Waals surface area contributed by atoms with Crippen LogP contribution in [-0.4, -0.2) is 58.4 Å². The van der Waals surface area contributed by atoms with Crippen molar-refractivity contribution < 1.29 is 27.5 Å². The first kappa shape index (κ1) is 24.5. The van der Waals surface area contributed by atoms with Crippen molar-refractivity contribution in [1.29, 1.82) is 0 Å². The lowest BCUT2D eigenvalue weighted by Crippen LogP contribution is -2.30. The van der Waals surface area contributed by atoms with E-state index in [0.29, 0.717) is 36.0 Å². The quantitative estimate of drug-likeness (QED) is 0.598. The molecule has 9 nitrogen and oxygen atoms in total. The highest BCUT2D eigenvalue weighted by molar-refractivity contribution is 7.89. The Kier molecular flexibility index (Phi) is 7.60. The molecule has 1 heterocycles. The summed E-state index contributed by atoms with van der Waals surface area (Å²) in [7, 11) is -0.520. The minimum atomic E-state index is -3.57. The van der Waals surface area contributed by atoms with Crippen LogP contribution in [0.5, 0.6) is 11.5 Å². The normalized spacial score (nSPS) is 16.2. The van der Waals surface area contributed by atoms with E-state index in [1.54, 1.807) is 51.3 Å². The van der Waals surface area contributed by atoms with Gasteiger partial charge in [0.05, 0.1) is 30.7 Å². The summed E-state index contributed by atoms with van der Waals surface area (Å²) in [5.41, 5.74) is 1.04. The SMILES string of the molecule is CCN(CC)S(=O)(=O)c1ccc(NC(=O)C2CC(=O)N(c3ccc(OC)cc3OC)C2)cc1. The van der Waals surface area contributed by atoms with Gasteiger partial charge in [-0.25, -0.2) is 8.42 Å². The Morgan fingerprint density at radius 2 is 1.76 bits per heavy atom. The summed E-state index contributed by atoms with van der Waals surface area (Å²) < 4.78 is 37.2. The van der Waals surface area contributed by atoms with Gasteiger partial charge in [-0.3, -0.25) is 9.59 Å². The standard InChI is InChI=1S/C23H29N3O6S/c1-5-25(6-2)33(29,30)19-10-7-17(8-11-19)24-23(28)16-13-22(27)26(15-16)20-12-9-18(31-3)14-21(20)32-4/h7-12,14,16H,5-6,13,15H2,1-4H3,(H,24,28). The second-order valence-electron chi connectivity index (χ2n) is 7.55. The molecule has 3 rings (SSSR count). The van der Waals surface area contributed by atoms with Crippen molar-refractivity contribution >= 4 is 33.2 Å². The maximum Gasteiger partial charge on any atom is 0.243 e. The number of rotatable bonds is 9. The van der Waals surface area contributed by atoms with E-state index < -0.39 is 15.9 Å². The maximum atomic E-state index is 12.8. The molecule has 0 aliphatic carbocycles. The number of hydrogen-bond acceptors (Lipinski definition) is 6. The number of carbonyl (C=O) groups is 2. The molecule has 0 bridgehead atoms. The highest BCUT2D eigenvalue weighted by Gasteiger charge is 2.36. The van der Waals surface area contributed by atoms with Crippen molar-refractivity contribution in [2.45, 2.75) is 25.2 Å². The van der Waals surface area contributed by atoms with Crippen LogP contribution in [0.25, 0.3) is 0 Å². The Hall–Kier alpha value is -3.11. The Morgan fingerprint density at radius 3 is 2.33 bits per heavy atom. The number of nitrogens with zero attached hydrogens (tertiary/aromatic N) is 2. The number of anilines is 2. The Bertz CT molecular complexity index is 1110. The predicted octanol–water partition coefficient (Wildman–Crippen LogP) is 2.73. The van der Waals surface area contributed by atoms with E-state index in [2.05, 4.69) is 5.32 Å². The molecule has 2 amide bonds. The smallest absolute Gasteiger partial charge is 0.243 e. The summed E-state index contributed by atoms with van der Waals surface area (Å²) in [6.45, 7) is 4.53. The molecule has 0 spiro atoms. The Morgan fingerprint density at radius 1 is 1.09 bits per heavy atom. The van der Waals surface area contributed by atoms with E-state index >= 15 is 0 Å². The fraction of sp³-hybridized carbons (Fsp3) is 0.391. The first-order chi connectivity index (χ1) is 15.7. The number of methoxy groups -OCH3 is 2. The second kappa shape index (κ2) is 10.2. The van der Waals surface area contributed by atoms with E-state index in [4.69, 9.17) is 9.47 Å². The Labute approximate surface area is 194 Å². The molecular weight excluding hydrogens is 446 g/mol. The lowest BCUT2D eigenvalue weighted by Gasteiger charge is -2.20. The van der Waals surface area contributed by atoms with Gasteiger partial charge in [0.2, 0.25) is 21.8 Å². The number of ether oxygens (including phenoxy) is 2. The zero-order valence-corrected chi connectivity index (χ0v) is 20.0. The first-order valence-corrected chi connectivity index (χ1v) is 12.1. The fourth-order valence-corrected chi connectivity index (χ4v) is 5.25. The molecule has 2 aromatic rings. The number of benzene rings is 2. The number of hydrogen-bond donors (Lipinski definition) is 1. The van der Waals surface area contributed by atoms with Crippen LogP contribution in [0.4, 0.5) is 11.4 Å². The van der Waals surface area contributed by atoms with E-state index in [-0.39, 0.29) is 29.7 Å².